The van der Waals surface area contributed by atoms with E-state index in [0.29, 0.717) is 0 Å². The van der Waals surface area contributed by atoms with Crippen LogP contribution in [-0.2, 0) is 0 Å². The van der Waals surface area contributed by atoms with Crippen molar-refractivity contribution in [3.63, 3.8) is 0 Å². The van der Waals surface area contributed by atoms with Crippen molar-refractivity contribution in [3.8, 4) is 0 Å². The van der Waals surface area contributed by atoms with Gasteiger partial charge in [-0.25, -0.2) is 4.98 Å². The summed E-state index contributed by atoms with van der Waals surface area (Å²) >= 11 is 0. The monoisotopic (exact) mass is 200 g/mol. The van der Waals surface area contributed by atoms with Crippen LogP contribution in [0.15, 0.2) is 6.33 Å². The average Bonchev–Trinajstić information content (AvgIpc) is 2.70. The van der Waals surface area contributed by atoms with E-state index >= 15 is 0 Å². The molecule has 7 heteroatoms. The number of nitrogens with zero attached hydrogens (tertiary/aromatic N) is 2. The quantitative estimate of drug-likeness (QED) is 0.462. The van der Waals surface area contributed by atoms with E-state index in [1.165, 1.54) is 13.3 Å². The summed E-state index contributed by atoms with van der Waals surface area (Å²) in [6.45, 7) is 0.800. The lowest BCUT2D eigenvalue weighted by Gasteiger charge is -2.25. The van der Waals surface area contributed by atoms with Gasteiger partial charge in [0.15, 0.2) is 0 Å². The van der Waals surface area contributed by atoms with Crippen LogP contribution in [0.2, 0.25) is 0 Å². The molecule has 0 aliphatic rings. The third kappa shape index (κ3) is 2.27. The van der Waals surface area contributed by atoms with E-state index < -0.39 is 11.4 Å². The van der Waals surface area contributed by atoms with E-state index in [2.05, 4.69) is 20.5 Å². The number of carbonyl (C=O) groups is 1. The molecule has 0 aliphatic carbocycles. The standard InChI is InChI=1S/C7H12N4O3/c1-7(2-12,3-13)10-6(14)5-8-4-9-11-5/h4,12-13H,2-3H2,1H3,(H,10,14)(H,8,9,11). The van der Waals surface area contributed by atoms with Gasteiger partial charge in [-0.3, -0.25) is 9.89 Å². The number of aliphatic hydroxyl groups excluding tert-OH is 2. The Labute approximate surface area is 80.2 Å². The second kappa shape index (κ2) is 4.16. The molecule has 0 radical (unpaired) electrons. The zero-order valence-corrected chi connectivity index (χ0v) is 7.69. The van der Waals surface area contributed by atoms with Gasteiger partial charge in [0, 0.05) is 0 Å². The molecule has 1 rings (SSSR count). The van der Waals surface area contributed by atoms with Crippen LogP contribution in [0.25, 0.3) is 0 Å². The van der Waals surface area contributed by atoms with Gasteiger partial charge >= 0.3 is 0 Å². The van der Waals surface area contributed by atoms with Gasteiger partial charge in [0.05, 0.1) is 18.8 Å². The Kier molecular flexibility index (Phi) is 3.15. The summed E-state index contributed by atoms with van der Waals surface area (Å²) in [6, 6.07) is 0. The first kappa shape index (κ1) is 10.6. The largest absolute Gasteiger partial charge is 0.394 e. The molecule has 0 spiro atoms. The highest BCUT2D eigenvalue weighted by Crippen LogP contribution is 2.01. The van der Waals surface area contributed by atoms with Crippen LogP contribution in [0.5, 0.6) is 0 Å². The maximum atomic E-state index is 11.4. The minimum atomic E-state index is -1.05. The number of amides is 1. The molecule has 0 unspecified atom stereocenters. The SMILES string of the molecule is CC(CO)(CO)NC(=O)c1ncn[nH]1. The lowest BCUT2D eigenvalue weighted by atomic mass is 10.1. The lowest BCUT2D eigenvalue weighted by molar-refractivity contribution is 0.0715. The van der Waals surface area contributed by atoms with Gasteiger partial charge in [-0.2, -0.15) is 5.10 Å². The van der Waals surface area contributed by atoms with Crippen LogP contribution in [0, 0.1) is 0 Å². The minimum Gasteiger partial charge on any atom is -0.394 e. The Morgan fingerprint density at radius 3 is 2.71 bits per heavy atom. The molecule has 0 saturated carbocycles. The maximum absolute atomic E-state index is 11.4. The van der Waals surface area contributed by atoms with Crippen LogP contribution in [-0.4, -0.2) is 50.1 Å². The normalized spacial score (nSPS) is 11.4. The minimum absolute atomic E-state index is 0.0399. The molecular weight excluding hydrogens is 188 g/mol. The number of hydrogen-bond donors (Lipinski definition) is 4. The highest BCUT2D eigenvalue weighted by molar-refractivity contribution is 5.90. The number of hydrogen-bond acceptors (Lipinski definition) is 5. The molecule has 78 valence electrons. The van der Waals surface area contributed by atoms with Gasteiger partial charge in [-0.15, -0.1) is 0 Å². The van der Waals surface area contributed by atoms with Gasteiger partial charge in [-0.1, -0.05) is 0 Å². The zero-order valence-electron chi connectivity index (χ0n) is 7.69. The van der Waals surface area contributed by atoms with Gasteiger partial charge in [0.25, 0.3) is 5.91 Å². The van der Waals surface area contributed by atoms with E-state index in [-0.39, 0.29) is 19.0 Å². The molecule has 0 bridgehead atoms. The van der Waals surface area contributed by atoms with E-state index in [4.69, 9.17) is 10.2 Å². The summed E-state index contributed by atoms with van der Waals surface area (Å²) < 4.78 is 0. The zero-order chi connectivity index (χ0) is 10.6. The first-order chi connectivity index (χ1) is 6.61. The average molecular weight is 200 g/mol. The van der Waals surface area contributed by atoms with Gasteiger partial charge in [0.1, 0.15) is 6.33 Å². The Morgan fingerprint density at radius 2 is 2.29 bits per heavy atom. The van der Waals surface area contributed by atoms with Crippen molar-refractivity contribution < 1.29 is 15.0 Å². The van der Waals surface area contributed by atoms with Crippen LogP contribution >= 0.6 is 0 Å². The number of rotatable bonds is 4. The highest BCUT2D eigenvalue weighted by Gasteiger charge is 2.25. The third-order valence-electron chi connectivity index (χ3n) is 1.74. The first-order valence-corrected chi connectivity index (χ1v) is 4.01. The molecule has 0 aliphatic heterocycles. The molecular formula is C7H12N4O3. The van der Waals surface area contributed by atoms with Crippen LogP contribution < -0.4 is 5.32 Å². The van der Waals surface area contributed by atoms with Crippen molar-refractivity contribution in [1.82, 2.24) is 20.5 Å². The summed E-state index contributed by atoms with van der Waals surface area (Å²) in [5.74, 6) is -0.480. The van der Waals surface area contributed by atoms with Crippen molar-refractivity contribution in [2.45, 2.75) is 12.5 Å². The van der Waals surface area contributed by atoms with Crippen molar-refractivity contribution in [1.29, 1.82) is 0 Å². The Hall–Kier alpha value is -1.47. The Bertz CT molecular complexity index is 294. The lowest BCUT2D eigenvalue weighted by Crippen LogP contribution is -2.52. The van der Waals surface area contributed by atoms with E-state index in [1.54, 1.807) is 0 Å². The molecule has 0 fully saturated rings. The van der Waals surface area contributed by atoms with Crippen molar-refractivity contribution in [2.24, 2.45) is 0 Å². The van der Waals surface area contributed by atoms with Gasteiger partial charge in [0.2, 0.25) is 5.82 Å². The van der Waals surface area contributed by atoms with Crippen LogP contribution in [0.1, 0.15) is 17.5 Å². The molecule has 14 heavy (non-hydrogen) atoms. The summed E-state index contributed by atoms with van der Waals surface area (Å²) in [5.41, 5.74) is -1.05. The summed E-state index contributed by atoms with van der Waals surface area (Å²) in [4.78, 5) is 15.0. The van der Waals surface area contributed by atoms with E-state index in [1.807, 2.05) is 0 Å². The molecule has 0 saturated heterocycles. The van der Waals surface area contributed by atoms with Gasteiger partial charge in [-0.05, 0) is 6.92 Å². The van der Waals surface area contributed by atoms with Crippen LogP contribution in [0.3, 0.4) is 0 Å². The predicted octanol–water partition coefficient (Wildman–Crippen LogP) is -1.72. The maximum Gasteiger partial charge on any atom is 0.289 e. The second-order valence-corrected chi connectivity index (χ2v) is 3.17. The summed E-state index contributed by atoms with van der Waals surface area (Å²) in [7, 11) is 0. The number of aromatic nitrogens is 3. The fraction of sp³-hybridized carbons (Fsp3) is 0.571. The fourth-order valence-electron chi connectivity index (χ4n) is 0.777. The Balaban J connectivity index is 2.65. The van der Waals surface area contributed by atoms with Crippen molar-refractivity contribution in [2.75, 3.05) is 13.2 Å². The number of carbonyl (C=O) groups excluding carboxylic acids is 1. The highest BCUT2D eigenvalue weighted by atomic mass is 16.3. The molecule has 0 aromatic carbocycles. The Morgan fingerprint density at radius 1 is 1.64 bits per heavy atom. The number of nitrogens with one attached hydrogen (secondary N) is 2. The van der Waals surface area contributed by atoms with Crippen molar-refractivity contribution >= 4 is 5.91 Å². The first-order valence-electron chi connectivity index (χ1n) is 4.01. The third-order valence-corrected chi connectivity index (χ3v) is 1.74. The fourth-order valence-corrected chi connectivity index (χ4v) is 0.777. The van der Waals surface area contributed by atoms with Crippen molar-refractivity contribution in [3.05, 3.63) is 12.2 Å². The molecule has 7 nitrogen and oxygen atoms in total. The molecule has 1 heterocycles. The van der Waals surface area contributed by atoms with E-state index in [9.17, 15) is 4.79 Å². The van der Waals surface area contributed by atoms with Gasteiger partial charge < -0.3 is 15.5 Å². The number of aliphatic hydroxyl groups is 2. The molecule has 1 aromatic rings. The smallest absolute Gasteiger partial charge is 0.289 e. The topological polar surface area (TPSA) is 111 Å². The number of aromatic amines is 1. The predicted molar refractivity (Wildman–Crippen MR) is 46.4 cm³/mol. The second-order valence-electron chi connectivity index (χ2n) is 3.17. The molecule has 4 N–H and O–H groups in total. The number of H-pyrrole nitrogens is 1. The molecule has 1 amide bonds. The summed E-state index contributed by atoms with van der Waals surface area (Å²) in [5, 5.41) is 26.1. The molecule has 1 aromatic heterocycles. The summed E-state index contributed by atoms with van der Waals surface area (Å²) in [6.07, 6.45) is 1.20. The molecule has 0 atom stereocenters. The van der Waals surface area contributed by atoms with Crippen LogP contribution in [0.4, 0.5) is 0 Å². The van der Waals surface area contributed by atoms with E-state index in [0.717, 1.165) is 0 Å².